The summed E-state index contributed by atoms with van der Waals surface area (Å²) < 4.78 is 0.723. The molecular formula is C14H8BrN3O3. The van der Waals surface area contributed by atoms with Gasteiger partial charge in [-0.05, 0) is 30.3 Å². The standard InChI is InChI=1S/C14H8BrN3O3/c15-10-2-4-11(9(5-10)6-16)18-13(19)12-3-1-8(7-17-12)14(20)21/h1-5,7H,(H,18,19)(H,20,21). The molecule has 1 aromatic carbocycles. The highest BCUT2D eigenvalue weighted by molar-refractivity contribution is 9.10. The summed E-state index contributed by atoms with van der Waals surface area (Å²) in [5.41, 5.74) is 0.717. The van der Waals surface area contributed by atoms with E-state index < -0.39 is 11.9 Å². The first kappa shape index (κ1) is 14.7. The maximum Gasteiger partial charge on any atom is 0.337 e. The van der Waals surface area contributed by atoms with Gasteiger partial charge in [-0.3, -0.25) is 9.78 Å². The lowest BCUT2D eigenvalue weighted by Crippen LogP contribution is -2.15. The molecule has 0 aliphatic carbocycles. The normalized spacial score (nSPS) is 9.71. The van der Waals surface area contributed by atoms with Crippen LogP contribution < -0.4 is 5.32 Å². The zero-order valence-electron chi connectivity index (χ0n) is 10.5. The predicted octanol–water partition coefficient (Wildman–Crippen LogP) is 2.67. The number of nitriles is 1. The minimum absolute atomic E-state index is 0.00657. The Morgan fingerprint density at radius 1 is 1.29 bits per heavy atom. The third-order valence-electron chi connectivity index (χ3n) is 2.59. The number of carboxylic acid groups (broad SMARTS) is 1. The molecule has 21 heavy (non-hydrogen) atoms. The van der Waals surface area contributed by atoms with E-state index in [0.29, 0.717) is 11.3 Å². The summed E-state index contributed by atoms with van der Waals surface area (Å²) in [6.45, 7) is 0. The van der Waals surface area contributed by atoms with Crippen molar-refractivity contribution in [1.29, 1.82) is 5.26 Å². The lowest BCUT2D eigenvalue weighted by atomic mass is 10.2. The molecule has 0 spiro atoms. The van der Waals surface area contributed by atoms with E-state index in [-0.39, 0.29) is 11.3 Å². The predicted molar refractivity (Wildman–Crippen MR) is 78.0 cm³/mol. The number of carbonyl (C=O) groups excluding carboxylic acids is 1. The number of carboxylic acids is 1. The van der Waals surface area contributed by atoms with Crippen molar-refractivity contribution in [2.75, 3.05) is 5.32 Å². The maximum atomic E-state index is 12.0. The molecule has 2 aromatic rings. The second-order valence-electron chi connectivity index (χ2n) is 3.99. The average molecular weight is 346 g/mol. The first-order valence-corrected chi connectivity index (χ1v) is 6.51. The Kier molecular flexibility index (Phi) is 4.30. The molecule has 2 N–H and O–H groups in total. The van der Waals surface area contributed by atoms with Crippen molar-refractivity contribution in [1.82, 2.24) is 4.98 Å². The van der Waals surface area contributed by atoms with Gasteiger partial charge in [-0.1, -0.05) is 15.9 Å². The summed E-state index contributed by atoms with van der Waals surface area (Å²) in [5, 5.41) is 20.3. The Labute approximate surface area is 128 Å². The molecule has 0 saturated carbocycles. The van der Waals surface area contributed by atoms with Crippen LogP contribution in [0, 0.1) is 11.3 Å². The highest BCUT2D eigenvalue weighted by Crippen LogP contribution is 2.20. The summed E-state index contributed by atoms with van der Waals surface area (Å²) in [5.74, 6) is -1.64. The van der Waals surface area contributed by atoms with Gasteiger partial charge >= 0.3 is 5.97 Å². The number of carbonyl (C=O) groups is 2. The van der Waals surface area contributed by atoms with Gasteiger partial charge in [-0.25, -0.2) is 4.79 Å². The number of rotatable bonds is 3. The van der Waals surface area contributed by atoms with Crippen LogP contribution in [0.5, 0.6) is 0 Å². The molecule has 104 valence electrons. The summed E-state index contributed by atoms with van der Waals surface area (Å²) >= 11 is 3.24. The van der Waals surface area contributed by atoms with Gasteiger partial charge in [0.15, 0.2) is 0 Å². The number of hydrogen-bond acceptors (Lipinski definition) is 4. The van der Waals surface area contributed by atoms with Gasteiger partial charge in [0, 0.05) is 10.7 Å². The Hall–Kier alpha value is -2.72. The first-order valence-electron chi connectivity index (χ1n) is 5.71. The number of amides is 1. The first-order chi connectivity index (χ1) is 10.0. The Bertz CT molecular complexity index is 751. The van der Waals surface area contributed by atoms with Gasteiger partial charge in [0.25, 0.3) is 5.91 Å². The molecule has 0 saturated heterocycles. The van der Waals surface area contributed by atoms with E-state index in [1.807, 2.05) is 6.07 Å². The quantitative estimate of drug-likeness (QED) is 0.889. The molecular weight excluding hydrogens is 338 g/mol. The maximum absolute atomic E-state index is 12.0. The van der Waals surface area contributed by atoms with E-state index in [4.69, 9.17) is 10.4 Å². The van der Waals surface area contributed by atoms with Gasteiger partial charge in [0.05, 0.1) is 16.8 Å². The lowest BCUT2D eigenvalue weighted by molar-refractivity contribution is 0.0696. The van der Waals surface area contributed by atoms with Crippen molar-refractivity contribution in [3.8, 4) is 6.07 Å². The van der Waals surface area contributed by atoms with Crippen molar-refractivity contribution in [3.63, 3.8) is 0 Å². The van der Waals surface area contributed by atoms with Crippen LogP contribution in [0.25, 0.3) is 0 Å². The molecule has 0 unspecified atom stereocenters. The third-order valence-corrected chi connectivity index (χ3v) is 3.09. The number of hydrogen-bond donors (Lipinski definition) is 2. The highest BCUT2D eigenvalue weighted by atomic mass is 79.9. The number of benzene rings is 1. The summed E-state index contributed by atoms with van der Waals surface area (Å²) in [6, 6.07) is 9.43. The van der Waals surface area contributed by atoms with Crippen LogP contribution in [0.15, 0.2) is 41.0 Å². The van der Waals surface area contributed by atoms with Crippen molar-refractivity contribution < 1.29 is 14.7 Å². The van der Waals surface area contributed by atoms with E-state index in [1.54, 1.807) is 18.2 Å². The van der Waals surface area contributed by atoms with Crippen molar-refractivity contribution >= 4 is 33.5 Å². The van der Waals surface area contributed by atoms with Gasteiger partial charge in [-0.2, -0.15) is 5.26 Å². The molecule has 1 aromatic heterocycles. The lowest BCUT2D eigenvalue weighted by Gasteiger charge is -2.07. The molecule has 0 radical (unpaired) electrons. The van der Waals surface area contributed by atoms with Crippen LogP contribution in [0.3, 0.4) is 0 Å². The van der Waals surface area contributed by atoms with E-state index in [2.05, 4.69) is 26.2 Å². The molecule has 2 rings (SSSR count). The van der Waals surface area contributed by atoms with Crippen LogP contribution in [-0.4, -0.2) is 22.0 Å². The number of nitrogens with zero attached hydrogens (tertiary/aromatic N) is 2. The fraction of sp³-hybridized carbons (Fsp3) is 0. The number of pyridine rings is 1. The molecule has 1 amide bonds. The van der Waals surface area contributed by atoms with Crippen molar-refractivity contribution in [2.24, 2.45) is 0 Å². The van der Waals surface area contributed by atoms with Gasteiger partial charge < -0.3 is 10.4 Å². The smallest absolute Gasteiger partial charge is 0.337 e. The highest BCUT2D eigenvalue weighted by Gasteiger charge is 2.12. The second-order valence-corrected chi connectivity index (χ2v) is 4.91. The number of aromatic nitrogens is 1. The monoisotopic (exact) mass is 345 g/mol. The zero-order valence-corrected chi connectivity index (χ0v) is 12.1. The summed E-state index contributed by atoms with van der Waals surface area (Å²) in [7, 11) is 0. The van der Waals surface area contributed by atoms with E-state index in [1.165, 1.54) is 12.1 Å². The molecule has 0 atom stereocenters. The fourth-order valence-corrected chi connectivity index (χ4v) is 1.92. The third kappa shape index (κ3) is 3.43. The van der Waals surface area contributed by atoms with Gasteiger partial charge in [0.2, 0.25) is 0 Å². The molecule has 0 aliphatic rings. The van der Waals surface area contributed by atoms with Gasteiger partial charge in [0.1, 0.15) is 11.8 Å². The largest absolute Gasteiger partial charge is 0.478 e. The molecule has 1 heterocycles. The summed E-state index contributed by atoms with van der Waals surface area (Å²) in [4.78, 5) is 26.5. The van der Waals surface area contributed by atoms with Crippen molar-refractivity contribution in [2.45, 2.75) is 0 Å². The van der Waals surface area contributed by atoms with Crippen molar-refractivity contribution in [3.05, 3.63) is 57.8 Å². The Balaban J connectivity index is 2.22. The number of anilines is 1. The Morgan fingerprint density at radius 2 is 2.05 bits per heavy atom. The van der Waals surface area contributed by atoms with E-state index in [9.17, 15) is 9.59 Å². The molecule has 0 fully saturated rings. The van der Waals surface area contributed by atoms with E-state index in [0.717, 1.165) is 10.7 Å². The van der Waals surface area contributed by atoms with Crippen LogP contribution in [0.4, 0.5) is 5.69 Å². The molecule has 7 heteroatoms. The zero-order chi connectivity index (χ0) is 15.4. The molecule has 0 aliphatic heterocycles. The topological polar surface area (TPSA) is 103 Å². The SMILES string of the molecule is N#Cc1cc(Br)ccc1NC(=O)c1ccc(C(=O)O)cn1. The number of halogens is 1. The van der Waals surface area contributed by atoms with Crippen LogP contribution >= 0.6 is 15.9 Å². The van der Waals surface area contributed by atoms with Crippen LogP contribution in [0.1, 0.15) is 26.4 Å². The number of nitrogens with one attached hydrogen (secondary N) is 1. The molecule has 6 nitrogen and oxygen atoms in total. The fourth-order valence-electron chi connectivity index (χ4n) is 1.56. The molecule has 0 bridgehead atoms. The second kappa shape index (κ2) is 6.15. The summed E-state index contributed by atoms with van der Waals surface area (Å²) in [6.07, 6.45) is 1.10. The number of aromatic carboxylic acids is 1. The minimum atomic E-state index is -1.12. The van der Waals surface area contributed by atoms with E-state index >= 15 is 0 Å². The Morgan fingerprint density at radius 3 is 2.62 bits per heavy atom. The van der Waals surface area contributed by atoms with Crippen LogP contribution in [0.2, 0.25) is 0 Å². The van der Waals surface area contributed by atoms with Crippen LogP contribution in [-0.2, 0) is 0 Å². The average Bonchev–Trinajstić information content (AvgIpc) is 2.49. The minimum Gasteiger partial charge on any atom is -0.478 e. The van der Waals surface area contributed by atoms with Gasteiger partial charge in [-0.15, -0.1) is 0 Å².